The van der Waals surface area contributed by atoms with E-state index in [0.29, 0.717) is 11.1 Å². The zero-order valence-corrected chi connectivity index (χ0v) is 18.3. The molecule has 0 aromatic heterocycles. The van der Waals surface area contributed by atoms with Gasteiger partial charge in [0.05, 0.1) is 16.6 Å². The number of amides is 1. The highest BCUT2D eigenvalue weighted by molar-refractivity contribution is 7.93. The lowest BCUT2D eigenvalue weighted by molar-refractivity contribution is -0.120. The number of nitrogens with zero attached hydrogens (tertiary/aromatic N) is 1. The molecule has 31 heavy (non-hydrogen) atoms. The van der Waals surface area contributed by atoms with Crippen LogP contribution in [0.4, 0.5) is 10.1 Å². The van der Waals surface area contributed by atoms with Crippen LogP contribution in [0.25, 0.3) is 11.1 Å². The van der Waals surface area contributed by atoms with Crippen LogP contribution in [-0.4, -0.2) is 20.9 Å². The third-order valence-corrected chi connectivity index (χ3v) is 7.49. The first-order valence-electron chi connectivity index (χ1n) is 9.96. The summed E-state index contributed by atoms with van der Waals surface area (Å²) in [5, 5.41) is 2.87. The van der Waals surface area contributed by atoms with Crippen molar-refractivity contribution in [3.05, 3.63) is 83.2 Å². The van der Waals surface area contributed by atoms with E-state index in [1.807, 2.05) is 39.0 Å². The Hall–Kier alpha value is -3.19. The van der Waals surface area contributed by atoms with Gasteiger partial charge in [-0.05, 0) is 61.7 Å². The number of hydrogen-bond donors (Lipinski definition) is 1. The summed E-state index contributed by atoms with van der Waals surface area (Å²) in [5.74, 6) is -0.912. The largest absolute Gasteiger partial charge is 0.348 e. The molecule has 160 valence electrons. The monoisotopic (exact) mass is 438 g/mol. The Morgan fingerprint density at radius 2 is 1.74 bits per heavy atom. The number of carbonyl (C=O) groups excluding carboxylic acids is 1. The number of rotatable bonds is 4. The first-order chi connectivity index (χ1) is 14.7. The summed E-state index contributed by atoms with van der Waals surface area (Å²) in [4.78, 5) is 12.9. The second-order valence-corrected chi connectivity index (χ2v) is 9.63. The zero-order chi connectivity index (χ0) is 22.3. The lowest BCUT2D eigenvalue weighted by Crippen LogP contribution is -2.43. The summed E-state index contributed by atoms with van der Waals surface area (Å²) < 4.78 is 41.5. The fraction of sp³-hybridized carbons (Fsp3) is 0.208. The number of halogens is 1. The smallest absolute Gasteiger partial charge is 0.265 e. The highest BCUT2D eigenvalue weighted by atomic mass is 32.2. The van der Waals surface area contributed by atoms with Crippen LogP contribution in [0.2, 0.25) is 0 Å². The molecule has 1 aliphatic rings. The van der Waals surface area contributed by atoms with Crippen LogP contribution < -0.4 is 9.62 Å². The Balaban J connectivity index is 1.65. The predicted molar refractivity (Wildman–Crippen MR) is 119 cm³/mol. The van der Waals surface area contributed by atoms with Crippen molar-refractivity contribution in [2.75, 3.05) is 10.8 Å². The maximum absolute atomic E-state index is 13.9. The first-order valence-corrected chi connectivity index (χ1v) is 11.4. The summed E-state index contributed by atoms with van der Waals surface area (Å²) in [6, 6.07) is 16.0. The van der Waals surface area contributed by atoms with Gasteiger partial charge < -0.3 is 5.32 Å². The van der Waals surface area contributed by atoms with Gasteiger partial charge in [0.2, 0.25) is 5.91 Å². The Kier molecular flexibility index (Phi) is 5.31. The van der Waals surface area contributed by atoms with Crippen LogP contribution in [-0.2, 0) is 14.8 Å². The van der Waals surface area contributed by atoms with Crippen molar-refractivity contribution >= 4 is 21.6 Å². The fourth-order valence-corrected chi connectivity index (χ4v) is 5.46. The number of hydrogen-bond acceptors (Lipinski definition) is 3. The highest BCUT2D eigenvalue weighted by Gasteiger charge is 2.36. The van der Waals surface area contributed by atoms with Gasteiger partial charge in [0.15, 0.2) is 0 Å². The van der Waals surface area contributed by atoms with E-state index in [4.69, 9.17) is 0 Å². The summed E-state index contributed by atoms with van der Waals surface area (Å²) in [7, 11) is -3.97. The standard InChI is InChI=1S/C24H23FN2O3S/c1-15-8-9-18(12-16(15)2)17(3)26-24(28)14-27-22-11-10-19(25)13-21(22)20-6-4-5-7-23(20)31(27,29)30/h4-13,17H,14H2,1-3H3,(H,26,28)/t17-/m0/s1. The Morgan fingerprint density at radius 3 is 2.48 bits per heavy atom. The zero-order valence-electron chi connectivity index (χ0n) is 17.5. The number of fused-ring (bicyclic) bond motifs is 3. The number of benzene rings is 3. The van der Waals surface area contributed by atoms with Gasteiger partial charge in [-0.15, -0.1) is 0 Å². The van der Waals surface area contributed by atoms with Gasteiger partial charge in [-0.25, -0.2) is 12.8 Å². The molecule has 7 heteroatoms. The van der Waals surface area contributed by atoms with E-state index in [0.717, 1.165) is 21.0 Å². The van der Waals surface area contributed by atoms with E-state index in [2.05, 4.69) is 5.32 Å². The minimum Gasteiger partial charge on any atom is -0.348 e. The topological polar surface area (TPSA) is 66.5 Å². The second kappa shape index (κ2) is 7.81. The summed E-state index contributed by atoms with van der Waals surface area (Å²) >= 11 is 0. The lowest BCUT2D eigenvalue weighted by Gasteiger charge is -2.32. The molecule has 1 heterocycles. The van der Waals surface area contributed by atoms with E-state index in [1.54, 1.807) is 18.2 Å². The van der Waals surface area contributed by atoms with E-state index in [9.17, 15) is 17.6 Å². The normalized spacial score (nSPS) is 15.0. The molecule has 1 amide bonds. The van der Waals surface area contributed by atoms with Gasteiger partial charge in [-0.1, -0.05) is 36.4 Å². The van der Waals surface area contributed by atoms with E-state index in [1.165, 1.54) is 24.3 Å². The molecule has 0 spiro atoms. The molecule has 0 bridgehead atoms. The molecule has 4 rings (SSSR count). The molecule has 1 N–H and O–H groups in total. The second-order valence-electron chi connectivity index (χ2n) is 7.80. The average molecular weight is 439 g/mol. The average Bonchev–Trinajstić information content (AvgIpc) is 2.73. The molecule has 5 nitrogen and oxygen atoms in total. The van der Waals surface area contributed by atoms with E-state index >= 15 is 0 Å². The number of nitrogens with one attached hydrogen (secondary N) is 1. The van der Waals surface area contributed by atoms with Gasteiger partial charge in [0.25, 0.3) is 10.0 Å². The fourth-order valence-electron chi connectivity index (χ4n) is 3.81. The van der Waals surface area contributed by atoms with Crippen molar-refractivity contribution in [1.82, 2.24) is 5.32 Å². The van der Waals surface area contributed by atoms with E-state index in [-0.39, 0.29) is 16.6 Å². The van der Waals surface area contributed by atoms with Gasteiger partial charge in [-0.2, -0.15) is 0 Å². The van der Waals surface area contributed by atoms with Gasteiger partial charge in [0, 0.05) is 11.1 Å². The summed E-state index contributed by atoms with van der Waals surface area (Å²) in [6.45, 7) is 5.47. The highest BCUT2D eigenvalue weighted by Crippen LogP contribution is 2.43. The molecule has 3 aromatic carbocycles. The summed E-state index contributed by atoms with van der Waals surface area (Å²) in [5.41, 5.74) is 4.37. The van der Waals surface area contributed by atoms with Crippen LogP contribution in [0.3, 0.4) is 0 Å². The quantitative estimate of drug-likeness (QED) is 0.652. The molecule has 0 saturated carbocycles. The van der Waals surface area contributed by atoms with Crippen LogP contribution >= 0.6 is 0 Å². The van der Waals surface area contributed by atoms with Crippen molar-refractivity contribution < 1.29 is 17.6 Å². The van der Waals surface area contributed by atoms with Gasteiger partial charge in [-0.3, -0.25) is 9.10 Å². The molecule has 0 unspecified atom stereocenters. The van der Waals surface area contributed by atoms with E-state index < -0.39 is 28.3 Å². The Labute approximate surface area is 181 Å². The van der Waals surface area contributed by atoms with Crippen molar-refractivity contribution in [3.63, 3.8) is 0 Å². The van der Waals surface area contributed by atoms with Gasteiger partial charge >= 0.3 is 0 Å². The minimum absolute atomic E-state index is 0.0584. The molecular weight excluding hydrogens is 415 g/mol. The third kappa shape index (κ3) is 3.81. The molecule has 1 atom stereocenters. The molecule has 1 aliphatic heterocycles. The minimum atomic E-state index is -3.97. The van der Waals surface area contributed by atoms with Crippen LogP contribution in [0.1, 0.15) is 29.7 Å². The molecule has 0 radical (unpaired) electrons. The SMILES string of the molecule is Cc1ccc([C@H](C)NC(=O)CN2c3ccc(F)cc3-c3ccccc3S2(=O)=O)cc1C. The first kappa shape index (κ1) is 21.1. The molecule has 0 fully saturated rings. The van der Waals surface area contributed by atoms with Crippen molar-refractivity contribution in [3.8, 4) is 11.1 Å². The Morgan fingerprint density at radius 1 is 1.00 bits per heavy atom. The lowest BCUT2D eigenvalue weighted by atomic mass is 10.0. The molecule has 3 aromatic rings. The van der Waals surface area contributed by atoms with Crippen LogP contribution in [0.15, 0.2) is 65.6 Å². The number of sulfonamides is 1. The summed E-state index contributed by atoms with van der Waals surface area (Å²) in [6.07, 6.45) is 0. The van der Waals surface area contributed by atoms with Gasteiger partial charge in [0.1, 0.15) is 12.4 Å². The van der Waals surface area contributed by atoms with Crippen molar-refractivity contribution in [2.24, 2.45) is 0 Å². The predicted octanol–water partition coefficient (Wildman–Crippen LogP) is 4.50. The maximum atomic E-state index is 13.9. The van der Waals surface area contributed by atoms with Crippen LogP contribution in [0.5, 0.6) is 0 Å². The molecule has 0 aliphatic carbocycles. The number of aryl methyl sites for hydroxylation is 2. The third-order valence-electron chi connectivity index (χ3n) is 5.67. The molecule has 0 saturated heterocycles. The number of anilines is 1. The Bertz CT molecular complexity index is 1290. The molecular formula is C24H23FN2O3S. The van der Waals surface area contributed by atoms with Crippen molar-refractivity contribution in [1.29, 1.82) is 0 Å². The number of carbonyl (C=O) groups is 1. The maximum Gasteiger partial charge on any atom is 0.265 e. The van der Waals surface area contributed by atoms with Crippen LogP contribution in [0, 0.1) is 19.7 Å². The van der Waals surface area contributed by atoms with Crippen molar-refractivity contribution in [2.45, 2.75) is 31.7 Å².